The predicted octanol–water partition coefficient (Wildman–Crippen LogP) is 4.78. The molecule has 2 atom stereocenters. The van der Waals surface area contributed by atoms with Gasteiger partial charge in [-0.05, 0) is 59.4 Å². The fraction of sp³-hybridized carbons (Fsp3) is 0.733. The molecular weight excluding hydrogens is 212 g/mol. The van der Waals surface area contributed by atoms with Crippen molar-refractivity contribution in [1.29, 1.82) is 0 Å². The van der Waals surface area contributed by atoms with Crippen LogP contribution in [0.15, 0.2) is 11.4 Å². The van der Waals surface area contributed by atoms with E-state index in [2.05, 4.69) is 32.2 Å². The molecule has 88 valence electrons. The first-order valence-electron chi connectivity index (χ1n) is 6.61. The zero-order valence-electron chi connectivity index (χ0n) is 10.7. The zero-order valence-corrected chi connectivity index (χ0v) is 11.5. The first kappa shape index (κ1) is 10.8. The maximum absolute atomic E-state index is 2.53. The van der Waals surface area contributed by atoms with Crippen LogP contribution in [0.25, 0.3) is 0 Å². The number of fused-ring (bicyclic) bond motifs is 3. The lowest BCUT2D eigenvalue weighted by atomic mass is 9.51. The Labute approximate surface area is 103 Å². The maximum atomic E-state index is 2.53. The Balaban J connectivity index is 2.09. The molecular formula is C15H22S. The molecule has 1 heteroatoms. The van der Waals surface area contributed by atoms with Crippen molar-refractivity contribution in [3.05, 3.63) is 21.9 Å². The third-order valence-corrected chi connectivity index (χ3v) is 6.23. The van der Waals surface area contributed by atoms with Crippen molar-refractivity contribution in [1.82, 2.24) is 0 Å². The van der Waals surface area contributed by atoms with Gasteiger partial charge in [-0.3, -0.25) is 0 Å². The van der Waals surface area contributed by atoms with E-state index in [1.54, 1.807) is 10.4 Å². The van der Waals surface area contributed by atoms with Crippen LogP contribution in [0.2, 0.25) is 0 Å². The molecule has 2 aliphatic carbocycles. The number of rotatable bonds is 0. The highest BCUT2D eigenvalue weighted by molar-refractivity contribution is 7.10. The molecule has 16 heavy (non-hydrogen) atoms. The van der Waals surface area contributed by atoms with Crippen LogP contribution in [-0.4, -0.2) is 0 Å². The molecule has 0 amide bonds. The molecule has 0 N–H and O–H groups in total. The molecule has 0 aromatic carbocycles. The summed E-state index contributed by atoms with van der Waals surface area (Å²) in [5.41, 5.74) is 2.73. The van der Waals surface area contributed by atoms with Gasteiger partial charge in [0.25, 0.3) is 0 Å². The summed E-state index contributed by atoms with van der Waals surface area (Å²) in [4.78, 5) is 1.68. The summed E-state index contributed by atoms with van der Waals surface area (Å²) in [7, 11) is 0. The zero-order chi connectivity index (χ0) is 11.4. The summed E-state index contributed by atoms with van der Waals surface area (Å²) in [5.74, 6) is 0.899. The third-order valence-electron chi connectivity index (χ3n) is 5.25. The second-order valence-electron chi connectivity index (χ2n) is 6.61. The van der Waals surface area contributed by atoms with E-state index < -0.39 is 0 Å². The average molecular weight is 234 g/mol. The largest absolute Gasteiger partial charge is 0.149 e. The Morgan fingerprint density at radius 2 is 2.06 bits per heavy atom. The quantitative estimate of drug-likeness (QED) is 0.606. The van der Waals surface area contributed by atoms with Crippen molar-refractivity contribution in [2.45, 2.75) is 58.3 Å². The van der Waals surface area contributed by atoms with Gasteiger partial charge in [0.2, 0.25) is 0 Å². The minimum Gasteiger partial charge on any atom is -0.149 e. The maximum Gasteiger partial charge on any atom is 0.00829 e. The molecule has 0 unspecified atom stereocenters. The molecule has 1 aromatic rings. The van der Waals surface area contributed by atoms with Gasteiger partial charge in [0.15, 0.2) is 0 Å². The number of hydrogen-bond acceptors (Lipinski definition) is 1. The van der Waals surface area contributed by atoms with Crippen molar-refractivity contribution < 1.29 is 0 Å². The monoisotopic (exact) mass is 234 g/mol. The first-order chi connectivity index (χ1) is 7.54. The fourth-order valence-corrected chi connectivity index (χ4v) is 5.50. The lowest BCUT2D eigenvalue weighted by molar-refractivity contribution is 0.0416. The lowest BCUT2D eigenvalue weighted by Gasteiger charge is -2.53. The van der Waals surface area contributed by atoms with Crippen LogP contribution < -0.4 is 0 Å². The molecule has 1 heterocycles. The molecule has 1 fully saturated rings. The lowest BCUT2D eigenvalue weighted by Crippen LogP contribution is -2.47. The predicted molar refractivity (Wildman–Crippen MR) is 71.1 cm³/mol. The van der Waals surface area contributed by atoms with Crippen LogP contribution in [0, 0.1) is 11.3 Å². The van der Waals surface area contributed by atoms with Crippen LogP contribution >= 0.6 is 11.3 Å². The van der Waals surface area contributed by atoms with Gasteiger partial charge < -0.3 is 0 Å². The molecule has 0 radical (unpaired) electrons. The van der Waals surface area contributed by atoms with E-state index in [9.17, 15) is 0 Å². The SMILES string of the molecule is CC1(C)CCC[C@@]2(C)c3ccsc3CC[C@@H]12. The van der Waals surface area contributed by atoms with Crippen LogP contribution in [-0.2, 0) is 11.8 Å². The summed E-state index contributed by atoms with van der Waals surface area (Å²) in [5, 5.41) is 2.31. The Morgan fingerprint density at radius 3 is 2.88 bits per heavy atom. The number of hydrogen-bond donors (Lipinski definition) is 0. The van der Waals surface area contributed by atoms with E-state index >= 15 is 0 Å². The summed E-state index contributed by atoms with van der Waals surface area (Å²) < 4.78 is 0. The highest BCUT2D eigenvalue weighted by Gasteiger charge is 2.49. The van der Waals surface area contributed by atoms with Crippen molar-refractivity contribution in [3.8, 4) is 0 Å². The van der Waals surface area contributed by atoms with Gasteiger partial charge >= 0.3 is 0 Å². The van der Waals surface area contributed by atoms with E-state index in [0.717, 1.165) is 5.92 Å². The van der Waals surface area contributed by atoms with Gasteiger partial charge in [-0.2, -0.15) is 0 Å². The molecule has 0 bridgehead atoms. The molecule has 0 spiro atoms. The third kappa shape index (κ3) is 1.33. The molecule has 1 saturated carbocycles. The Morgan fingerprint density at radius 1 is 1.25 bits per heavy atom. The van der Waals surface area contributed by atoms with Crippen LogP contribution in [0.1, 0.15) is 56.9 Å². The second-order valence-corrected chi connectivity index (χ2v) is 7.61. The van der Waals surface area contributed by atoms with E-state index in [1.807, 2.05) is 11.3 Å². The standard InChI is InChI=1S/C15H22S/c1-14(2)8-4-9-15(3)11-7-10-16-12(11)5-6-13(14)15/h7,10,13H,4-6,8-9H2,1-3H3/t13-,15-/m0/s1. The van der Waals surface area contributed by atoms with Gasteiger partial charge in [-0.15, -0.1) is 11.3 Å². The molecule has 1 aromatic heterocycles. The molecule has 3 rings (SSSR count). The van der Waals surface area contributed by atoms with Gasteiger partial charge in [0.1, 0.15) is 0 Å². The van der Waals surface area contributed by atoms with Crippen molar-refractivity contribution in [3.63, 3.8) is 0 Å². The normalized spacial score (nSPS) is 36.6. The average Bonchev–Trinajstić information content (AvgIpc) is 2.65. The van der Waals surface area contributed by atoms with Crippen LogP contribution in [0.3, 0.4) is 0 Å². The van der Waals surface area contributed by atoms with E-state index in [4.69, 9.17) is 0 Å². The topological polar surface area (TPSA) is 0 Å². The molecule has 0 nitrogen and oxygen atoms in total. The first-order valence-corrected chi connectivity index (χ1v) is 7.49. The van der Waals surface area contributed by atoms with Gasteiger partial charge in [-0.1, -0.05) is 27.2 Å². The van der Waals surface area contributed by atoms with Crippen molar-refractivity contribution in [2.75, 3.05) is 0 Å². The van der Waals surface area contributed by atoms with Crippen molar-refractivity contribution in [2.24, 2.45) is 11.3 Å². The minimum absolute atomic E-state index is 0.481. The number of aryl methyl sites for hydroxylation is 1. The summed E-state index contributed by atoms with van der Waals surface area (Å²) in [6.07, 6.45) is 6.99. The Bertz CT molecular complexity index is 401. The smallest absolute Gasteiger partial charge is 0.00829 e. The van der Waals surface area contributed by atoms with Gasteiger partial charge in [0.05, 0.1) is 0 Å². The van der Waals surface area contributed by atoms with Crippen LogP contribution in [0.4, 0.5) is 0 Å². The summed E-state index contributed by atoms with van der Waals surface area (Å²) in [6, 6.07) is 2.41. The fourth-order valence-electron chi connectivity index (χ4n) is 4.47. The van der Waals surface area contributed by atoms with Crippen molar-refractivity contribution >= 4 is 11.3 Å². The van der Waals surface area contributed by atoms with Gasteiger partial charge in [0, 0.05) is 4.88 Å². The summed E-state index contributed by atoms with van der Waals surface area (Å²) in [6.45, 7) is 7.52. The Hall–Kier alpha value is -0.300. The second kappa shape index (κ2) is 3.35. The highest BCUT2D eigenvalue weighted by Crippen LogP contribution is 2.57. The van der Waals surface area contributed by atoms with E-state index in [0.29, 0.717) is 10.8 Å². The number of thiophene rings is 1. The van der Waals surface area contributed by atoms with E-state index in [1.165, 1.54) is 32.1 Å². The highest BCUT2D eigenvalue weighted by atomic mass is 32.1. The molecule has 0 aliphatic heterocycles. The molecule has 0 saturated heterocycles. The minimum atomic E-state index is 0.481. The van der Waals surface area contributed by atoms with Gasteiger partial charge in [-0.25, -0.2) is 0 Å². The summed E-state index contributed by atoms with van der Waals surface area (Å²) >= 11 is 1.98. The van der Waals surface area contributed by atoms with Crippen LogP contribution in [0.5, 0.6) is 0 Å². The molecule has 2 aliphatic rings. The Kier molecular flexibility index (Phi) is 2.27. The van der Waals surface area contributed by atoms with E-state index in [-0.39, 0.29) is 0 Å².